The third-order valence-electron chi connectivity index (χ3n) is 5.59. The van der Waals surface area contributed by atoms with E-state index in [2.05, 4.69) is 122 Å². The van der Waals surface area contributed by atoms with Crippen molar-refractivity contribution in [2.45, 2.75) is 12.8 Å². The number of rotatable bonds is 4. The third kappa shape index (κ3) is 3.46. The van der Waals surface area contributed by atoms with Gasteiger partial charge >= 0.3 is 0 Å². The molecule has 0 spiro atoms. The van der Waals surface area contributed by atoms with Crippen molar-refractivity contribution in [2.24, 2.45) is 0 Å². The molecule has 29 heavy (non-hydrogen) atoms. The largest absolute Gasteiger partial charge is 0.0720 e. The van der Waals surface area contributed by atoms with Crippen molar-refractivity contribution in [3.63, 3.8) is 0 Å². The van der Waals surface area contributed by atoms with Gasteiger partial charge in [0.25, 0.3) is 0 Å². The fourth-order valence-corrected chi connectivity index (χ4v) is 6.81. The van der Waals surface area contributed by atoms with Crippen LogP contribution in [0.1, 0.15) is 28.2 Å². The van der Waals surface area contributed by atoms with Crippen LogP contribution in [-0.4, -0.2) is 0 Å². The Kier molecular flexibility index (Phi) is 4.88. The summed E-state index contributed by atoms with van der Waals surface area (Å²) in [5.74, 6) is 0.319. The smallest absolute Gasteiger partial charge is 0.0285 e. The molecular formula is C28H23P. The molecule has 0 saturated carbocycles. The Morgan fingerprint density at radius 1 is 0.621 bits per heavy atom. The highest BCUT2D eigenvalue weighted by Crippen LogP contribution is 2.41. The molecule has 1 heteroatoms. The van der Waals surface area contributed by atoms with Gasteiger partial charge in [-0.15, -0.1) is 0 Å². The zero-order valence-electron chi connectivity index (χ0n) is 16.5. The number of hydrogen-bond donors (Lipinski definition) is 0. The van der Waals surface area contributed by atoms with E-state index in [0.29, 0.717) is 5.92 Å². The Hall–Kier alpha value is -2.95. The molecule has 1 unspecified atom stereocenters. The van der Waals surface area contributed by atoms with Gasteiger partial charge in [-0.1, -0.05) is 121 Å². The van der Waals surface area contributed by atoms with Crippen LogP contribution in [0.3, 0.4) is 0 Å². The lowest BCUT2D eigenvalue weighted by Crippen LogP contribution is -2.24. The lowest BCUT2D eigenvalue weighted by atomic mass is 9.92. The van der Waals surface area contributed by atoms with E-state index in [1.807, 2.05) is 0 Å². The lowest BCUT2D eigenvalue weighted by Gasteiger charge is -2.25. The maximum absolute atomic E-state index is 2.41. The summed E-state index contributed by atoms with van der Waals surface area (Å²) in [5.41, 5.74) is 5.50. The maximum Gasteiger partial charge on any atom is 0.0285 e. The Bertz CT molecular complexity index is 1120. The molecule has 0 heterocycles. The van der Waals surface area contributed by atoms with E-state index in [1.54, 1.807) is 0 Å². The molecule has 4 aromatic carbocycles. The fourth-order valence-electron chi connectivity index (χ4n) is 4.21. The standard InChI is InChI=1S/C28H23P/c1-21-16-18-27(26-19-17-22-10-8-9-15-25(22)26)28(20-21)29(23-11-4-2-5-12-23)24-13-6-3-7-14-24/h2-20,26H,1H3. The molecule has 1 aliphatic carbocycles. The summed E-state index contributed by atoms with van der Waals surface area (Å²) in [6.07, 6.45) is 4.64. The van der Waals surface area contributed by atoms with Gasteiger partial charge in [0.15, 0.2) is 0 Å². The highest BCUT2D eigenvalue weighted by Gasteiger charge is 2.26. The van der Waals surface area contributed by atoms with Crippen LogP contribution in [0, 0.1) is 6.92 Å². The van der Waals surface area contributed by atoms with Gasteiger partial charge in [0.1, 0.15) is 0 Å². The Balaban J connectivity index is 1.72. The van der Waals surface area contributed by atoms with Crippen molar-refractivity contribution in [3.8, 4) is 0 Å². The van der Waals surface area contributed by atoms with Crippen LogP contribution in [0.4, 0.5) is 0 Å². The third-order valence-corrected chi connectivity index (χ3v) is 8.09. The molecule has 0 saturated heterocycles. The Morgan fingerprint density at radius 2 is 1.24 bits per heavy atom. The highest BCUT2D eigenvalue weighted by molar-refractivity contribution is 7.79. The van der Waals surface area contributed by atoms with Gasteiger partial charge in [0.2, 0.25) is 0 Å². The van der Waals surface area contributed by atoms with Crippen LogP contribution >= 0.6 is 7.92 Å². The molecule has 0 amide bonds. The van der Waals surface area contributed by atoms with E-state index in [-0.39, 0.29) is 0 Å². The first-order valence-electron chi connectivity index (χ1n) is 10.1. The van der Waals surface area contributed by atoms with E-state index in [0.717, 1.165) is 0 Å². The predicted molar refractivity (Wildman–Crippen MR) is 127 cm³/mol. The quantitative estimate of drug-likeness (QED) is 0.380. The molecule has 1 atom stereocenters. The molecule has 0 aliphatic heterocycles. The molecule has 0 N–H and O–H groups in total. The number of fused-ring (bicyclic) bond motifs is 1. The molecular weight excluding hydrogens is 367 g/mol. The van der Waals surface area contributed by atoms with Gasteiger partial charge in [0, 0.05) is 5.92 Å². The predicted octanol–water partition coefficient (Wildman–Crippen LogP) is 5.91. The first-order valence-corrected chi connectivity index (χ1v) is 11.4. The second-order valence-corrected chi connectivity index (χ2v) is 9.72. The minimum atomic E-state index is -0.622. The van der Waals surface area contributed by atoms with Crippen molar-refractivity contribution >= 4 is 29.9 Å². The summed E-state index contributed by atoms with van der Waals surface area (Å²) in [6.45, 7) is 2.20. The zero-order valence-corrected chi connectivity index (χ0v) is 17.4. The summed E-state index contributed by atoms with van der Waals surface area (Å²) < 4.78 is 0. The summed E-state index contributed by atoms with van der Waals surface area (Å²) in [4.78, 5) is 0. The van der Waals surface area contributed by atoms with Crippen LogP contribution in [-0.2, 0) is 0 Å². The van der Waals surface area contributed by atoms with Crippen LogP contribution in [0.25, 0.3) is 6.08 Å². The van der Waals surface area contributed by atoms with Gasteiger partial charge in [-0.25, -0.2) is 0 Å². The van der Waals surface area contributed by atoms with Crippen molar-refractivity contribution in [3.05, 3.63) is 131 Å². The van der Waals surface area contributed by atoms with E-state index < -0.39 is 7.92 Å². The van der Waals surface area contributed by atoms with Gasteiger partial charge < -0.3 is 0 Å². The number of hydrogen-bond acceptors (Lipinski definition) is 0. The van der Waals surface area contributed by atoms with E-state index in [1.165, 1.54) is 38.2 Å². The maximum atomic E-state index is 2.41. The van der Waals surface area contributed by atoms with Gasteiger partial charge in [0.05, 0.1) is 0 Å². The first-order chi connectivity index (χ1) is 14.3. The summed E-state index contributed by atoms with van der Waals surface area (Å²) >= 11 is 0. The van der Waals surface area contributed by atoms with E-state index >= 15 is 0 Å². The van der Waals surface area contributed by atoms with Crippen molar-refractivity contribution in [2.75, 3.05) is 0 Å². The van der Waals surface area contributed by atoms with Crippen molar-refractivity contribution in [1.82, 2.24) is 0 Å². The van der Waals surface area contributed by atoms with E-state index in [4.69, 9.17) is 0 Å². The Morgan fingerprint density at radius 3 is 1.93 bits per heavy atom. The molecule has 0 bridgehead atoms. The topological polar surface area (TPSA) is 0 Å². The molecule has 0 fully saturated rings. The summed E-state index contributed by atoms with van der Waals surface area (Å²) in [5, 5.41) is 4.26. The van der Waals surface area contributed by atoms with Gasteiger partial charge in [-0.05, 0) is 47.4 Å². The fraction of sp³-hybridized carbons (Fsp3) is 0.0714. The van der Waals surface area contributed by atoms with Crippen LogP contribution in [0.15, 0.2) is 109 Å². The van der Waals surface area contributed by atoms with Crippen LogP contribution < -0.4 is 15.9 Å². The second-order valence-electron chi connectivity index (χ2n) is 7.53. The van der Waals surface area contributed by atoms with Crippen LogP contribution in [0.5, 0.6) is 0 Å². The molecule has 4 aromatic rings. The first kappa shape index (κ1) is 18.1. The van der Waals surface area contributed by atoms with Gasteiger partial charge in [-0.3, -0.25) is 0 Å². The number of allylic oxidation sites excluding steroid dienone is 1. The number of benzene rings is 4. The summed E-state index contributed by atoms with van der Waals surface area (Å²) in [6, 6.07) is 37.8. The Labute approximate surface area is 174 Å². The molecule has 1 aliphatic rings. The lowest BCUT2D eigenvalue weighted by molar-refractivity contribution is 1.06. The molecule has 140 valence electrons. The minimum absolute atomic E-state index is 0.319. The van der Waals surface area contributed by atoms with Crippen LogP contribution in [0.2, 0.25) is 0 Å². The molecule has 5 rings (SSSR count). The minimum Gasteiger partial charge on any atom is -0.0720 e. The average Bonchev–Trinajstić information content (AvgIpc) is 3.20. The zero-order chi connectivity index (χ0) is 19.6. The number of aryl methyl sites for hydroxylation is 1. The SMILES string of the molecule is Cc1ccc(C2C=Cc3ccccc32)c(P(c2ccccc2)c2ccccc2)c1. The summed E-state index contributed by atoms with van der Waals surface area (Å²) in [7, 11) is -0.622. The molecule has 0 aromatic heterocycles. The van der Waals surface area contributed by atoms with E-state index in [9.17, 15) is 0 Å². The molecule has 0 radical (unpaired) electrons. The normalized spacial score (nSPS) is 14.9. The second kappa shape index (κ2) is 7.82. The average molecular weight is 390 g/mol. The van der Waals surface area contributed by atoms with Crippen molar-refractivity contribution in [1.29, 1.82) is 0 Å². The highest BCUT2D eigenvalue weighted by atomic mass is 31.1. The molecule has 0 nitrogen and oxygen atoms in total. The van der Waals surface area contributed by atoms with Crippen molar-refractivity contribution < 1.29 is 0 Å². The monoisotopic (exact) mass is 390 g/mol. The van der Waals surface area contributed by atoms with Gasteiger partial charge in [-0.2, -0.15) is 0 Å².